The third-order valence-electron chi connectivity index (χ3n) is 1.74. The Morgan fingerprint density at radius 3 is 2.45 bits per heavy atom. The topological polar surface area (TPSA) is 33.0 Å². The summed E-state index contributed by atoms with van der Waals surface area (Å²) in [6.45, 7) is 6.77. The predicted molar refractivity (Wildman–Crippen MR) is 45.1 cm³/mol. The average Bonchev–Trinajstić information content (AvgIpc) is 2.01. The lowest BCUT2D eigenvalue weighted by Crippen LogP contribution is -2.12. The Morgan fingerprint density at radius 2 is 2.09 bits per heavy atom. The van der Waals surface area contributed by atoms with Gasteiger partial charge >= 0.3 is 0 Å². The van der Waals surface area contributed by atoms with Crippen molar-refractivity contribution in [2.24, 2.45) is 5.92 Å². The van der Waals surface area contributed by atoms with Crippen LogP contribution in [-0.4, -0.2) is 12.7 Å². The summed E-state index contributed by atoms with van der Waals surface area (Å²) in [6, 6.07) is 2.26. The largest absolute Gasteiger partial charge is 0.379 e. The fraction of sp³-hybridized carbons (Fsp3) is 0.889. The first-order valence-electron chi connectivity index (χ1n) is 4.25. The zero-order valence-corrected chi connectivity index (χ0v) is 7.63. The normalized spacial score (nSPS) is 15.5. The SMILES string of the molecule is CCOC(C)CC(C#N)CC. The first-order chi connectivity index (χ1) is 5.24. The summed E-state index contributed by atoms with van der Waals surface area (Å²) in [5.41, 5.74) is 0. The molecule has 0 aromatic heterocycles. The average molecular weight is 155 g/mol. The first kappa shape index (κ1) is 10.4. The van der Waals surface area contributed by atoms with E-state index in [-0.39, 0.29) is 12.0 Å². The zero-order valence-electron chi connectivity index (χ0n) is 7.63. The molecule has 0 aliphatic heterocycles. The van der Waals surface area contributed by atoms with Crippen LogP contribution >= 0.6 is 0 Å². The third-order valence-corrected chi connectivity index (χ3v) is 1.74. The van der Waals surface area contributed by atoms with Gasteiger partial charge in [0.05, 0.1) is 12.2 Å². The van der Waals surface area contributed by atoms with Crippen molar-refractivity contribution in [1.29, 1.82) is 5.26 Å². The standard InChI is InChI=1S/C9H17NO/c1-4-9(7-10)6-8(3)11-5-2/h8-9H,4-6H2,1-3H3. The van der Waals surface area contributed by atoms with Gasteiger partial charge in [0, 0.05) is 12.5 Å². The molecule has 0 rings (SSSR count). The highest BCUT2D eigenvalue weighted by Gasteiger charge is 2.09. The molecule has 0 fully saturated rings. The molecule has 2 atom stereocenters. The second kappa shape index (κ2) is 6.18. The molecule has 11 heavy (non-hydrogen) atoms. The van der Waals surface area contributed by atoms with Crippen LogP contribution in [0.4, 0.5) is 0 Å². The Kier molecular flexibility index (Phi) is 5.87. The van der Waals surface area contributed by atoms with E-state index in [1.54, 1.807) is 0 Å². The van der Waals surface area contributed by atoms with Gasteiger partial charge < -0.3 is 4.74 Å². The van der Waals surface area contributed by atoms with Crippen LogP contribution in [-0.2, 0) is 4.74 Å². The van der Waals surface area contributed by atoms with Gasteiger partial charge in [0.2, 0.25) is 0 Å². The summed E-state index contributed by atoms with van der Waals surface area (Å²) < 4.78 is 5.32. The summed E-state index contributed by atoms with van der Waals surface area (Å²) >= 11 is 0. The van der Waals surface area contributed by atoms with E-state index in [4.69, 9.17) is 10.00 Å². The molecule has 2 nitrogen and oxygen atoms in total. The van der Waals surface area contributed by atoms with Gasteiger partial charge in [0.25, 0.3) is 0 Å². The Bertz CT molecular complexity index is 128. The van der Waals surface area contributed by atoms with Gasteiger partial charge in [0.15, 0.2) is 0 Å². The van der Waals surface area contributed by atoms with Crippen molar-refractivity contribution in [2.45, 2.75) is 39.7 Å². The number of ether oxygens (including phenoxy) is 1. The van der Waals surface area contributed by atoms with Crippen molar-refractivity contribution in [3.63, 3.8) is 0 Å². The molecule has 2 unspecified atom stereocenters. The monoisotopic (exact) mass is 155 g/mol. The maximum absolute atomic E-state index is 8.64. The van der Waals surface area contributed by atoms with Crippen LogP contribution in [0.15, 0.2) is 0 Å². The second-order valence-electron chi connectivity index (χ2n) is 2.74. The number of hydrogen-bond acceptors (Lipinski definition) is 2. The molecule has 0 radical (unpaired) electrons. The van der Waals surface area contributed by atoms with Gasteiger partial charge in [-0.25, -0.2) is 0 Å². The molecule has 0 saturated carbocycles. The lowest BCUT2D eigenvalue weighted by atomic mass is 10.0. The molecule has 0 N–H and O–H groups in total. The molecule has 0 saturated heterocycles. The summed E-state index contributed by atoms with van der Waals surface area (Å²) in [7, 11) is 0. The van der Waals surface area contributed by atoms with Crippen LogP contribution in [0.3, 0.4) is 0 Å². The smallest absolute Gasteiger partial charge is 0.0656 e. The minimum Gasteiger partial charge on any atom is -0.379 e. The van der Waals surface area contributed by atoms with E-state index in [1.165, 1.54) is 0 Å². The van der Waals surface area contributed by atoms with Crippen LogP contribution in [0, 0.1) is 17.2 Å². The van der Waals surface area contributed by atoms with Gasteiger partial charge in [-0.15, -0.1) is 0 Å². The highest BCUT2D eigenvalue weighted by atomic mass is 16.5. The van der Waals surface area contributed by atoms with Gasteiger partial charge in [-0.05, 0) is 26.7 Å². The summed E-state index contributed by atoms with van der Waals surface area (Å²) in [5, 5.41) is 8.64. The van der Waals surface area contributed by atoms with E-state index in [1.807, 2.05) is 20.8 Å². The van der Waals surface area contributed by atoms with Crippen molar-refractivity contribution in [3.8, 4) is 6.07 Å². The highest BCUT2D eigenvalue weighted by molar-refractivity contribution is 4.82. The second-order valence-corrected chi connectivity index (χ2v) is 2.74. The van der Waals surface area contributed by atoms with Gasteiger partial charge in [-0.1, -0.05) is 6.92 Å². The van der Waals surface area contributed by atoms with Crippen molar-refractivity contribution >= 4 is 0 Å². The number of hydrogen-bond donors (Lipinski definition) is 0. The molecular weight excluding hydrogens is 138 g/mol. The Hall–Kier alpha value is -0.550. The first-order valence-corrected chi connectivity index (χ1v) is 4.25. The molecule has 0 amide bonds. The van der Waals surface area contributed by atoms with Gasteiger partial charge in [0.1, 0.15) is 0 Å². The molecule has 0 aromatic rings. The molecule has 0 spiro atoms. The lowest BCUT2D eigenvalue weighted by molar-refractivity contribution is 0.0627. The van der Waals surface area contributed by atoms with Crippen molar-refractivity contribution in [3.05, 3.63) is 0 Å². The third kappa shape index (κ3) is 4.80. The summed E-state index contributed by atoms with van der Waals surface area (Å²) in [6.07, 6.45) is 2.01. The summed E-state index contributed by atoms with van der Waals surface area (Å²) in [4.78, 5) is 0. The fourth-order valence-corrected chi connectivity index (χ4v) is 1.06. The number of rotatable bonds is 5. The fourth-order valence-electron chi connectivity index (χ4n) is 1.06. The van der Waals surface area contributed by atoms with Crippen molar-refractivity contribution in [2.75, 3.05) is 6.61 Å². The van der Waals surface area contributed by atoms with E-state index in [0.29, 0.717) is 0 Å². The van der Waals surface area contributed by atoms with Crippen LogP contribution in [0.25, 0.3) is 0 Å². The van der Waals surface area contributed by atoms with E-state index < -0.39 is 0 Å². The van der Waals surface area contributed by atoms with Crippen molar-refractivity contribution in [1.82, 2.24) is 0 Å². The summed E-state index contributed by atoms with van der Waals surface area (Å²) in [5.74, 6) is 0.163. The van der Waals surface area contributed by atoms with Crippen LogP contribution in [0.1, 0.15) is 33.6 Å². The molecule has 2 heteroatoms. The van der Waals surface area contributed by atoms with E-state index in [0.717, 1.165) is 19.4 Å². The molecule has 0 aliphatic rings. The minimum absolute atomic E-state index is 0.163. The molecule has 64 valence electrons. The Balaban J connectivity index is 3.55. The van der Waals surface area contributed by atoms with E-state index in [2.05, 4.69) is 6.07 Å². The molecule has 0 heterocycles. The van der Waals surface area contributed by atoms with Crippen molar-refractivity contribution < 1.29 is 4.74 Å². The Morgan fingerprint density at radius 1 is 1.45 bits per heavy atom. The van der Waals surface area contributed by atoms with Crippen LogP contribution in [0.5, 0.6) is 0 Å². The Labute approximate surface area is 69.2 Å². The van der Waals surface area contributed by atoms with E-state index in [9.17, 15) is 0 Å². The number of nitriles is 1. The predicted octanol–water partition coefficient (Wildman–Crippen LogP) is 2.35. The lowest BCUT2D eigenvalue weighted by Gasteiger charge is -2.13. The van der Waals surface area contributed by atoms with E-state index >= 15 is 0 Å². The number of nitrogens with zero attached hydrogens (tertiary/aromatic N) is 1. The van der Waals surface area contributed by atoms with Crippen LogP contribution < -0.4 is 0 Å². The zero-order chi connectivity index (χ0) is 8.69. The van der Waals surface area contributed by atoms with Gasteiger partial charge in [-0.2, -0.15) is 5.26 Å². The maximum Gasteiger partial charge on any atom is 0.0656 e. The maximum atomic E-state index is 8.64. The minimum atomic E-state index is 0.163. The van der Waals surface area contributed by atoms with Crippen LogP contribution in [0.2, 0.25) is 0 Å². The molecule has 0 aliphatic carbocycles. The molecule has 0 aromatic carbocycles. The highest BCUT2D eigenvalue weighted by Crippen LogP contribution is 2.11. The molecule has 0 bridgehead atoms. The quantitative estimate of drug-likeness (QED) is 0.610. The molecular formula is C9H17NO. The van der Waals surface area contributed by atoms with Gasteiger partial charge in [-0.3, -0.25) is 0 Å².